The predicted octanol–water partition coefficient (Wildman–Crippen LogP) is 0.780. The molecule has 0 unspecified atom stereocenters. The Kier molecular flexibility index (Phi) is 5.41. The summed E-state index contributed by atoms with van der Waals surface area (Å²) >= 11 is 11.6. The standard InChI is InChI=1S/C11H13Cl2N3O4/c1-16-7(4-5(12)9(16)13)10(18)15-6(11(19)20)2-3-8(14)17/h4,6H,2-3H2,1H3,(H2,14,17)(H,15,18)(H,19,20)/t6-/m1/s1. The lowest BCUT2D eigenvalue weighted by atomic mass is 10.1. The average molecular weight is 322 g/mol. The van der Waals surface area contributed by atoms with Crippen molar-refractivity contribution in [3.8, 4) is 0 Å². The monoisotopic (exact) mass is 321 g/mol. The van der Waals surface area contributed by atoms with Gasteiger partial charge in [0, 0.05) is 13.5 Å². The molecule has 1 rings (SSSR count). The smallest absolute Gasteiger partial charge is 0.326 e. The molecule has 0 saturated carbocycles. The van der Waals surface area contributed by atoms with Crippen molar-refractivity contribution in [3.63, 3.8) is 0 Å². The molecule has 0 spiro atoms. The van der Waals surface area contributed by atoms with Crippen molar-refractivity contribution in [2.45, 2.75) is 18.9 Å². The third kappa shape index (κ3) is 3.88. The number of carbonyl (C=O) groups is 3. The molecule has 0 aliphatic rings. The van der Waals surface area contributed by atoms with Gasteiger partial charge in [0.05, 0.1) is 5.02 Å². The normalized spacial score (nSPS) is 11.9. The van der Waals surface area contributed by atoms with E-state index in [4.69, 9.17) is 34.0 Å². The van der Waals surface area contributed by atoms with Gasteiger partial charge in [0.25, 0.3) is 5.91 Å². The van der Waals surface area contributed by atoms with Crippen LogP contribution in [-0.2, 0) is 16.6 Å². The van der Waals surface area contributed by atoms with E-state index in [1.54, 1.807) is 0 Å². The minimum absolute atomic E-state index is 0.0949. The number of nitrogens with two attached hydrogens (primary N) is 1. The van der Waals surface area contributed by atoms with Crippen LogP contribution in [0.5, 0.6) is 0 Å². The van der Waals surface area contributed by atoms with Crippen LogP contribution in [0.1, 0.15) is 23.3 Å². The molecule has 0 bridgehead atoms. The molecule has 0 fully saturated rings. The quantitative estimate of drug-likeness (QED) is 0.718. The Balaban J connectivity index is 2.82. The summed E-state index contributed by atoms with van der Waals surface area (Å²) in [6.45, 7) is 0. The summed E-state index contributed by atoms with van der Waals surface area (Å²) in [5.74, 6) is -2.56. The maximum absolute atomic E-state index is 12.0. The highest BCUT2D eigenvalue weighted by Crippen LogP contribution is 2.25. The van der Waals surface area contributed by atoms with Crippen LogP contribution in [0.4, 0.5) is 0 Å². The van der Waals surface area contributed by atoms with E-state index in [-0.39, 0.29) is 28.7 Å². The molecule has 7 nitrogen and oxygen atoms in total. The fraction of sp³-hybridized carbons (Fsp3) is 0.364. The van der Waals surface area contributed by atoms with Crippen molar-refractivity contribution in [3.05, 3.63) is 21.9 Å². The lowest BCUT2D eigenvalue weighted by molar-refractivity contribution is -0.139. The number of carboxylic acids is 1. The first kappa shape index (κ1) is 16.3. The number of halogens is 2. The number of carbonyl (C=O) groups excluding carboxylic acids is 2. The first-order chi connectivity index (χ1) is 9.23. The van der Waals surface area contributed by atoms with Crippen LogP contribution >= 0.6 is 23.2 Å². The Bertz CT molecular complexity index is 556. The second kappa shape index (κ2) is 6.62. The molecule has 1 aromatic rings. The van der Waals surface area contributed by atoms with Gasteiger partial charge < -0.3 is 20.7 Å². The second-order valence-corrected chi connectivity index (χ2v) is 4.86. The minimum atomic E-state index is -1.26. The molecule has 4 N–H and O–H groups in total. The van der Waals surface area contributed by atoms with Crippen molar-refractivity contribution >= 4 is 41.0 Å². The molecule has 0 radical (unpaired) electrons. The summed E-state index contributed by atoms with van der Waals surface area (Å²) < 4.78 is 1.33. The number of aromatic nitrogens is 1. The van der Waals surface area contributed by atoms with Gasteiger partial charge in [0.2, 0.25) is 5.91 Å². The Morgan fingerprint density at radius 2 is 2.05 bits per heavy atom. The number of hydrogen-bond donors (Lipinski definition) is 3. The van der Waals surface area contributed by atoms with E-state index >= 15 is 0 Å². The Labute approximate surface area is 124 Å². The van der Waals surface area contributed by atoms with Gasteiger partial charge in [-0.25, -0.2) is 4.79 Å². The molecule has 20 heavy (non-hydrogen) atoms. The van der Waals surface area contributed by atoms with Crippen molar-refractivity contribution in [1.29, 1.82) is 0 Å². The number of carboxylic acid groups (broad SMARTS) is 1. The molecule has 1 aromatic heterocycles. The summed E-state index contributed by atoms with van der Waals surface area (Å²) in [5, 5.41) is 11.6. The fourth-order valence-electron chi connectivity index (χ4n) is 1.54. The number of rotatable bonds is 6. The zero-order valence-corrected chi connectivity index (χ0v) is 12.0. The van der Waals surface area contributed by atoms with E-state index in [0.717, 1.165) is 0 Å². The first-order valence-electron chi connectivity index (χ1n) is 5.56. The largest absolute Gasteiger partial charge is 0.480 e. The summed E-state index contributed by atoms with van der Waals surface area (Å²) in [7, 11) is 1.52. The van der Waals surface area contributed by atoms with Crippen LogP contribution in [0.15, 0.2) is 6.07 Å². The molecule has 0 saturated heterocycles. The second-order valence-electron chi connectivity index (χ2n) is 4.10. The highest BCUT2D eigenvalue weighted by Gasteiger charge is 2.23. The maximum Gasteiger partial charge on any atom is 0.326 e. The Hall–Kier alpha value is -1.73. The molecule has 110 valence electrons. The summed E-state index contributed by atoms with van der Waals surface area (Å²) in [6, 6.07) is 0.106. The van der Waals surface area contributed by atoms with Crippen LogP contribution in [0, 0.1) is 0 Å². The molecule has 0 aliphatic carbocycles. The van der Waals surface area contributed by atoms with Crippen LogP contribution in [0.3, 0.4) is 0 Å². The van der Waals surface area contributed by atoms with Gasteiger partial charge in [-0.2, -0.15) is 0 Å². The lowest BCUT2D eigenvalue weighted by Gasteiger charge is -2.14. The van der Waals surface area contributed by atoms with Gasteiger partial charge >= 0.3 is 5.97 Å². The summed E-state index contributed by atoms with van der Waals surface area (Å²) in [6.07, 6.45) is -0.242. The molecule has 1 atom stereocenters. The summed E-state index contributed by atoms with van der Waals surface area (Å²) in [5.41, 5.74) is 5.06. The molecular weight excluding hydrogens is 309 g/mol. The van der Waals surface area contributed by atoms with E-state index in [1.165, 1.54) is 17.7 Å². The highest BCUT2D eigenvalue weighted by atomic mass is 35.5. The number of nitrogens with one attached hydrogen (secondary N) is 1. The highest BCUT2D eigenvalue weighted by molar-refractivity contribution is 6.41. The number of hydrogen-bond acceptors (Lipinski definition) is 3. The van der Waals surface area contributed by atoms with Gasteiger partial charge in [0.15, 0.2) is 0 Å². The third-order valence-electron chi connectivity index (χ3n) is 2.63. The van der Waals surface area contributed by atoms with E-state index < -0.39 is 23.8 Å². The summed E-state index contributed by atoms with van der Waals surface area (Å²) in [4.78, 5) is 33.6. The molecule has 0 aromatic carbocycles. The number of nitrogens with zero attached hydrogens (tertiary/aromatic N) is 1. The molecule has 9 heteroatoms. The van der Waals surface area contributed by atoms with Crippen molar-refractivity contribution in [2.75, 3.05) is 0 Å². The zero-order valence-electron chi connectivity index (χ0n) is 10.5. The number of primary amides is 1. The van der Waals surface area contributed by atoms with Crippen LogP contribution < -0.4 is 11.1 Å². The van der Waals surface area contributed by atoms with E-state index in [1.807, 2.05) is 0 Å². The van der Waals surface area contributed by atoms with Crippen molar-refractivity contribution in [2.24, 2.45) is 12.8 Å². The number of amides is 2. The average Bonchev–Trinajstić information content (AvgIpc) is 2.61. The number of aliphatic carboxylic acids is 1. The fourth-order valence-corrected chi connectivity index (χ4v) is 1.91. The molecule has 1 heterocycles. The molecular formula is C11H13Cl2N3O4. The van der Waals surface area contributed by atoms with Gasteiger partial charge in [-0.3, -0.25) is 9.59 Å². The van der Waals surface area contributed by atoms with Gasteiger partial charge in [-0.05, 0) is 12.5 Å². The third-order valence-corrected chi connectivity index (χ3v) is 3.47. The Morgan fingerprint density at radius 3 is 2.45 bits per heavy atom. The van der Waals surface area contributed by atoms with Gasteiger partial charge in [-0.1, -0.05) is 23.2 Å². The topological polar surface area (TPSA) is 114 Å². The zero-order chi connectivity index (χ0) is 15.4. The van der Waals surface area contributed by atoms with E-state index in [2.05, 4.69) is 5.32 Å². The van der Waals surface area contributed by atoms with Crippen LogP contribution in [-0.4, -0.2) is 33.5 Å². The van der Waals surface area contributed by atoms with E-state index in [0.29, 0.717) is 0 Å². The molecule has 2 amide bonds. The Morgan fingerprint density at radius 1 is 1.45 bits per heavy atom. The lowest BCUT2D eigenvalue weighted by Crippen LogP contribution is -2.42. The SMILES string of the molecule is Cn1c(C(=O)N[C@H](CCC(N)=O)C(=O)O)cc(Cl)c1Cl. The van der Waals surface area contributed by atoms with Crippen molar-refractivity contribution in [1.82, 2.24) is 9.88 Å². The minimum Gasteiger partial charge on any atom is -0.480 e. The van der Waals surface area contributed by atoms with E-state index in [9.17, 15) is 14.4 Å². The predicted molar refractivity (Wildman–Crippen MR) is 72.8 cm³/mol. The van der Waals surface area contributed by atoms with Gasteiger partial charge in [-0.15, -0.1) is 0 Å². The molecule has 0 aliphatic heterocycles. The van der Waals surface area contributed by atoms with Crippen molar-refractivity contribution < 1.29 is 19.5 Å². The van der Waals surface area contributed by atoms with Gasteiger partial charge in [0.1, 0.15) is 16.9 Å². The van der Waals surface area contributed by atoms with Crippen LogP contribution in [0.2, 0.25) is 10.2 Å². The maximum atomic E-state index is 12.0. The van der Waals surface area contributed by atoms with Crippen LogP contribution in [0.25, 0.3) is 0 Å². The first-order valence-corrected chi connectivity index (χ1v) is 6.32.